The third-order valence-electron chi connectivity index (χ3n) is 3.45. The van der Waals surface area contributed by atoms with Crippen LogP contribution in [0.4, 0.5) is 13.2 Å². The Morgan fingerprint density at radius 2 is 2.16 bits per heavy atom. The number of nitrogens with one attached hydrogen (secondary N) is 1. The van der Waals surface area contributed by atoms with Crippen molar-refractivity contribution >= 4 is 0 Å². The van der Waals surface area contributed by atoms with Gasteiger partial charge in [0.2, 0.25) is 0 Å². The summed E-state index contributed by atoms with van der Waals surface area (Å²) in [5, 5.41) is 0. The molecular formula is C13H17F3N2O. The molecule has 1 heterocycles. The van der Waals surface area contributed by atoms with Gasteiger partial charge in [-0.05, 0) is 43.0 Å². The number of nitrogens with two attached hydrogens (primary N) is 1. The Hall–Kier alpha value is -1.11. The van der Waals surface area contributed by atoms with Crippen molar-refractivity contribution in [2.24, 2.45) is 5.84 Å². The molecule has 2 rings (SSSR count). The van der Waals surface area contributed by atoms with E-state index in [4.69, 9.17) is 10.6 Å². The lowest BCUT2D eigenvalue weighted by atomic mass is 9.94. The fourth-order valence-electron chi connectivity index (χ4n) is 2.46. The van der Waals surface area contributed by atoms with E-state index in [0.29, 0.717) is 12.2 Å². The minimum Gasteiger partial charge on any atom is -0.376 e. The first-order chi connectivity index (χ1) is 8.93. The molecule has 6 heteroatoms. The van der Waals surface area contributed by atoms with E-state index >= 15 is 0 Å². The van der Waals surface area contributed by atoms with Crippen molar-refractivity contribution in [2.75, 3.05) is 6.61 Å². The summed E-state index contributed by atoms with van der Waals surface area (Å²) in [6.07, 6.45) is -2.60. The van der Waals surface area contributed by atoms with Gasteiger partial charge in [0.1, 0.15) is 0 Å². The van der Waals surface area contributed by atoms with Gasteiger partial charge in [-0.2, -0.15) is 13.2 Å². The third kappa shape index (κ3) is 3.08. The lowest BCUT2D eigenvalue weighted by Crippen LogP contribution is -2.36. The Balaban J connectivity index is 2.28. The van der Waals surface area contributed by atoms with E-state index in [0.717, 1.165) is 30.5 Å². The first-order valence-electron chi connectivity index (χ1n) is 6.19. The Kier molecular flexibility index (Phi) is 4.13. The number of rotatable bonds is 3. The Bertz CT molecular complexity index is 442. The average molecular weight is 274 g/mol. The van der Waals surface area contributed by atoms with Crippen LogP contribution in [0.3, 0.4) is 0 Å². The van der Waals surface area contributed by atoms with E-state index in [1.807, 2.05) is 0 Å². The van der Waals surface area contributed by atoms with E-state index < -0.39 is 11.7 Å². The van der Waals surface area contributed by atoms with Gasteiger partial charge >= 0.3 is 6.18 Å². The maximum Gasteiger partial charge on any atom is 0.416 e. The van der Waals surface area contributed by atoms with Crippen LogP contribution in [0.1, 0.15) is 35.6 Å². The molecule has 106 valence electrons. The van der Waals surface area contributed by atoms with Crippen molar-refractivity contribution in [1.29, 1.82) is 0 Å². The molecule has 0 saturated carbocycles. The molecule has 2 atom stereocenters. The van der Waals surface area contributed by atoms with Crippen LogP contribution in [0.25, 0.3) is 0 Å². The molecule has 0 bridgehead atoms. The van der Waals surface area contributed by atoms with Gasteiger partial charge in [0.05, 0.1) is 17.7 Å². The van der Waals surface area contributed by atoms with E-state index in [9.17, 15) is 13.2 Å². The zero-order valence-electron chi connectivity index (χ0n) is 10.6. The molecule has 1 aromatic rings. The molecule has 3 nitrogen and oxygen atoms in total. The highest BCUT2D eigenvalue weighted by molar-refractivity contribution is 5.35. The summed E-state index contributed by atoms with van der Waals surface area (Å²) in [4.78, 5) is 0. The minimum absolute atomic E-state index is 0.0829. The van der Waals surface area contributed by atoms with Crippen LogP contribution in [0.15, 0.2) is 18.2 Å². The van der Waals surface area contributed by atoms with E-state index in [1.165, 1.54) is 6.07 Å². The van der Waals surface area contributed by atoms with Crippen LogP contribution in [-0.2, 0) is 10.9 Å². The van der Waals surface area contributed by atoms with Gasteiger partial charge in [0.25, 0.3) is 0 Å². The van der Waals surface area contributed by atoms with Crippen LogP contribution in [0, 0.1) is 6.92 Å². The number of hydrogen-bond acceptors (Lipinski definition) is 3. The zero-order valence-corrected chi connectivity index (χ0v) is 10.6. The number of hydrogen-bond donors (Lipinski definition) is 2. The van der Waals surface area contributed by atoms with Gasteiger partial charge in [-0.25, -0.2) is 0 Å². The van der Waals surface area contributed by atoms with Crippen molar-refractivity contribution in [2.45, 2.75) is 38.1 Å². The molecule has 0 amide bonds. The molecule has 2 unspecified atom stereocenters. The number of hydrazine groups is 1. The van der Waals surface area contributed by atoms with Gasteiger partial charge < -0.3 is 4.74 Å². The smallest absolute Gasteiger partial charge is 0.376 e. The number of halogens is 3. The summed E-state index contributed by atoms with van der Waals surface area (Å²) in [6.45, 7) is 2.33. The summed E-state index contributed by atoms with van der Waals surface area (Å²) >= 11 is 0. The minimum atomic E-state index is -4.32. The predicted octanol–water partition coefficient (Wildman–Crippen LogP) is 2.70. The van der Waals surface area contributed by atoms with Gasteiger partial charge in [-0.1, -0.05) is 6.07 Å². The van der Waals surface area contributed by atoms with E-state index in [1.54, 1.807) is 6.92 Å². The van der Waals surface area contributed by atoms with Crippen molar-refractivity contribution < 1.29 is 17.9 Å². The quantitative estimate of drug-likeness (QED) is 0.658. The van der Waals surface area contributed by atoms with Crippen molar-refractivity contribution in [1.82, 2.24) is 5.43 Å². The highest BCUT2D eigenvalue weighted by Crippen LogP contribution is 2.33. The number of aryl methyl sites for hydroxylation is 1. The second kappa shape index (κ2) is 5.48. The second-order valence-electron chi connectivity index (χ2n) is 4.76. The van der Waals surface area contributed by atoms with Crippen LogP contribution in [0.2, 0.25) is 0 Å². The molecule has 1 fully saturated rings. The standard InChI is InChI=1S/C13H17F3N2O/c1-8-7-9(13(14,15)16)4-5-10(8)12(18-17)11-3-2-6-19-11/h4-5,7,11-12,18H,2-3,6,17H2,1H3. The maximum absolute atomic E-state index is 12.6. The monoisotopic (exact) mass is 274 g/mol. The Labute approximate surface area is 109 Å². The fraction of sp³-hybridized carbons (Fsp3) is 0.538. The molecule has 1 aromatic carbocycles. The van der Waals surface area contributed by atoms with Crippen LogP contribution >= 0.6 is 0 Å². The first kappa shape index (κ1) is 14.3. The topological polar surface area (TPSA) is 47.3 Å². The maximum atomic E-state index is 12.6. The largest absolute Gasteiger partial charge is 0.416 e. The van der Waals surface area contributed by atoms with Gasteiger partial charge in [0, 0.05) is 6.61 Å². The first-order valence-corrected chi connectivity index (χ1v) is 6.19. The highest BCUT2D eigenvalue weighted by atomic mass is 19.4. The third-order valence-corrected chi connectivity index (χ3v) is 3.45. The molecule has 3 N–H and O–H groups in total. The van der Waals surface area contributed by atoms with Crippen LogP contribution in [-0.4, -0.2) is 12.7 Å². The summed E-state index contributed by atoms with van der Waals surface area (Å²) in [5.74, 6) is 5.53. The molecule has 0 spiro atoms. The molecule has 0 aromatic heterocycles. The molecule has 0 aliphatic carbocycles. The lowest BCUT2D eigenvalue weighted by molar-refractivity contribution is -0.137. The number of alkyl halides is 3. The van der Waals surface area contributed by atoms with E-state index in [-0.39, 0.29) is 12.1 Å². The molecule has 19 heavy (non-hydrogen) atoms. The predicted molar refractivity (Wildman–Crippen MR) is 65.2 cm³/mol. The average Bonchev–Trinajstić information content (AvgIpc) is 2.84. The molecular weight excluding hydrogens is 257 g/mol. The van der Waals surface area contributed by atoms with Crippen molar-refractivity contribution in [3.63, 3.8) is 0 Å². The molecule has 0 radical (unpaired) electrons. The molecule has 1 aliphatic heterocycles. The van der Waals surface area contributed by atoms with Gasteiger partial charge in [0.15, 0.2) is 0 Å². The van der Waals surface area contributed by atoms with Gasteiger partial charge in [-0.3, -0.25) is 11.3 Å². The molecule has 1 saturated heterocycles. The van der Waals surface area contributed by atoms with Crippen molar-refractivity contribution in [3.05, 3.63) is 34.9 Å². The normalized spacial score (nSPS) is 21.6. The summed E-state index contributed by atoms with van der Waals surface area (Å²) in [6, 6.07) is 3.44. The molecule has 1 aliphatic rings. The summed E-state index contributed by atoms with van der Waals surface area (Å²) < 4.78 is 43.4. The highest BCUT2D eigenvalue weighted by Gasteiger charge is 2.32. The zero-order chi connectivity index (χ0) is 14.0. The summed E-state index contributed by atoms with van der Waals surface area (Å²) in [7, 11) is 0. The lowest BCUT2D eigenvalue weighted by Gasteiger charge is -2.24. The SMILES string of the molecule is Cc1cc(C(F)(F)F)ccc1C(NN)C1CCCO1. The van der Waals surface area contributed by atoms with E-state index in [2.05, 4.69) is 5.43 Å². The van der Waals surface area contributed by atoms with Crippen molar-refractivity contribution in [3.8, 4) is 0 Å². The summed E-state index contributed by atoms with van der Waals surface area (Å²) in [5.41, 5.74) is 3.33. The Morgan fingerprint density at radius 1 is 1.42 bits per heavy atom. The second-order valence-corrected chi connectivity index (χ2v) is 4.76. The van der Waals surface area contributed by atoms with Gasteiger partial charge in [-0.15, -0.1) is 0 Å². The fourth-order valence-corrected chi connectivity index (χ4v) is 2.46. The Morgan fingerprint density at radius 3 is 2.63 bits per heavy atom. The van der Waals surface area contributed by atoms with Crippen LogP contribution in [0.5, 0.6) is 0 Å². The van der Waals surface area contributed by atoms with Crippen LogP contribution < -0.4 is 11.3 Å². The number of benzene rings is 1. The number of ether oxygens (including phenoxy) is 1.